The SMILES string of the molecule is Clc1ccc(Br)cc1.[Hg]. The van der Waals surface area contributed by atoms with Crippen molar-refractivity contribution >= 4 is 27.5 Å². The Hall–Kier alpha value is 0.925. The van der Waals surface area contributed by atoms with Crippen LogP contribution in [0.2, 0.25) is 5.02 Å². The van der Waals surface area contributed by atoms with E-state index in [1.54, 1.807) is 0 Å². The third kappa shape index (κ3) is 3.59. The van der Waals surface area contributed by atoms with Crippen LogP contribution in [0.4, 0.5) is 0 Å². The Morgan fingerprint density at radius 1 is 1.11 bits per heavy atom. The molecule has 0 saturated heterocycles. The van der Waals surface area contributed by atoms with Gasteiger partial charge in [0.05, 0.1) is 0 Å². The summed E-state index contributed by atoms with van der Waals surface area (Å²) in [4.78, 5) is 0. The van der Waals surface area contributed by atoms with Gasteiger partial charge in [0.1, 0.15) is 0 Å². The van der Waals surface area contributed by atoms with Crippen molar-refractivity contribution in [2.45, 2.75) is 0 Å². The van der Waals surface area contributed by atoms with Crippen molar-refractivity contribution < 1.29 is 27.7 Å². The fourth-order valence-corrected chi connectivity index (χ4v) is 0.820. The summed E-state index contributed by atoms with van der Waals surface area (Å²) in [5, 5.41) is 0.771. The quantitative estimate of drug-likeness (QED) is 0.596. The van der Waals surface area contributed by atoms with E-state index < -0.39 is 0 Å². The summed E-state index contributed by atoms with van der Waals surface area (Å²) in [6, 6.07) is 7.49. The summed E-state index contributed by atoms with van der Waals surface area (Å²) in [6.07, 6.45) is 0. The van der Waals surface area contributed by atoms with Gasteiger partial charge in [-0.1, -0.05) is 27.5 Å². The molecule has 0 aliphatic carbocycles. The molecular formula is C6H4BrClHg. The topological polar surface area (TPSA) is 0 Å². The molecular weight excluding hydrogens is 388 g/mol. The molecule has 0 heterocycles. The minimum Gasteiger partial charge on any atom is -0.0843 e. The third-order valence-corrected chi connectivity index (χ3v) is 1.58. The zero-order valence-electron chi connectivity index (χ0n) is 4.77. The summed E-state index contributed by atoms with van der Waals surface area (Å²) in [5.41, 5.74) is 0. The molecule has 1 rings (SSSR count). The maximum Gasteiger partial charge on any atom is 0.0406 e. The van der Waals surface area contributed by atoms with E-state index in [0.717, 1.165) is 9.50 Å². The summed E-state index contributed by atoms with van der Waals surface area (Å²) < 4.78 is 1.06. The molecule has 0 radical (unpaired) electrons. The molecule has 0 atom stereocenters. The van der Waals surface area contributed by atoms with Crippen LogP contribution in [-0.2, 0) is 27.7 Å². The van der Waals surface area contributed by atoms with Crippen LogP contribution in [0.25, 0.3) is 0 Å². The summed E-state index contributed by atoms with van der Waals surface area (Å²) in [6.45, 7) is 0. The molecule has 0 aliphatic heterocycles. The average molecular weight is 392 g/mol. The Balaban J connectivity index is 0.000000640. The number of rotatable bonds is 0. The zero-order chi connectivity index (χ0) is 5.98. The maximum absolute atomic E-state index is 5.59. The van der Waals surface area contributed by atoms with Crippen LogP contribution >= 0.6 is 27.5 Å². The molecule has 1 aromatic carbocycles. The van der Waals surface area contributed by atoms with Crippen LogP contribution in [0.1, 0.15) is 0 Å². The third-order valence-electron chi connectivity index (χ3n) is 0.804. The first kappa shape index (κ1) is 9.93. The minimum absolute atomic E-state index is 0. The molecule has 0 unspecified atom stereocenters. The van der Waals surface area contributed by atoms with Crippen LogP contribution in [-0.4, -0.2) is 0 Å². The molecule has 9 heavy (non-hydrogen) atoms. The monoisotopic (exact) mass is 392 g/mol. The van der Waals surface area contributed by atoms with Gasteiger partial charge in [0.15, 0.2) is 0 Å². The molecule has 0 saturated carbocycles. The van der Waals surface area contributed by atoms with Crippen molar-refractivity contribution in [1.82, 2.24) is 0 Å². The van der Waals surface area contributed by atoms with E-state index in [0.29, 0.717) is 0 Å². The summed E-state index contributed by atoms with van der Waals surface area (Å²) in [7, 11) is 0. The van der Waals surface area contributed by atoms with Crippen LogP contribution < -0.4 is 0 Å². The Morgan fingerprint density at radius 2 is 1.56 bits per heavy atom. The van der Waals surface area contributed by atoms with E-state index in [1.807, 2.05) is 24.3 Å². The second kappa shape index (κ2) is 4.70. The van der Waals surface area contributed by atoms with Crippen molar-refractivity contribution in [2.24, 2.45) is 0 Å². The Labute approximate surface area is 88.2 Å². The summed E-state index contributed by atoms with van der Waals surface area (Å²) >= 11 is 8.88. The van der Waals surface area contributed by atoms with Crippen LogP contribution in [0.5, 0.6) is 0 Å². The van der Waals surface area contributed by atoms with Crippen LogP contribution in [0, 0.1) is 0 Å². The van der Waals surface area contributed by atoms with Crippen LogP contribution in [0.15, 0.2) is 28.7 Å². The average Bonchev–Trinajstić information content (AvgIpc) is 1.77. The minimum atomic E-state index is 0. The summed E-state index contributed by atoms with van der Waals surface area (Å²) in [5.74, 6) is 0. The molecule has 0 N–H and O–H groups in total. The molecule has 0 nitrogen and oxygen atoms in total. The first-order chi connectivity index (χ1) is 3.79. The zero-order valence-corrected chi connectivity index (χ0v) is 12.6. The van der Waals surface area contributed by atoms with Gasteiger partial charge in [-0.25, -0.2) is 0 Å². The standard InChI is InChI=1S/C6H4BrCl.Hg/c7-5-1-3-6(8)4-2-5;/h1-4H;. The largest absolute Gasteiger partial charge is 0.0843 e. The van der Waals surface area contributed by atoms with Crippen molar-refractivity contribution in [3.05, 3.63) is 33.8 Å². The van der Waals surface area contributed by atoms with Gasteiger partial charge in [-0.3, -0.25) is 0 Å². The predicted molar refractivity (Wildman–Crippen MR) is 39.2 cm³/mol. The van der Waals surface area contributed by atoms with Gasteiger partial charge >= 0.3 is 0 Å². The van der Waals surface area contributed by atoms with Gasteiger partial charge in [-0.2, -0.15) is 0 Å². The van der Waals surface area contributed by atoms with Crippen molar-refractivity contribution in [3.8, 4) is 0 Å². The van der Waals surface area contributed by atoms with E-state index in [1.165, 1.54) is 0 Å². The van der Waals surface area contributed by atoms with Gasteiger partial charge in [0.25, 0.3) is 0 Å². The fraction of sp³-hybridized carbons (Fsp3) is 0. The van der Waals surface area contributed by atoms with Gasteiger partial charge in [0.2, 0.25) is 0 Å². The molecule has 0 aliphatic rings. The molecule has 0 amide bonds. The van der Waals surface area contributed by atoms with Crippen molar-refractivity contribution in [2.75, 3.05) is 0 Å². The normalized spacial score (nSPS) is 8.22. The second-order valence-corrected chi connectivity index (χ2v) is 2.79. The smallest absolute Gasteiger partial charge is 0.0406 e. The van der Waals surface area contributed by atoms with Gasteiger partial charge in [-0.15, -0.1) is 0 Å². The molecule has 0 bridgehead atoms. The van der Waals surface area contributed by atoms with Gasteiger partial charge in [-0.05, 0) is 24.3 Å². The second-order valence-electron chi connectivity index (χ2n) is 1.44. The molecule has 1 aromatic rings. The first-order valence-corrected chi connectivity index (χ1v) is 3.37. The van der Waals surface area contributed by atoms with Gasteiger partial charge in [0, 0.05) is 37.2 Å². The molecule has 0 fully saturated rings. The number of halogens is 2. The Bertz CT molecular complexity index is 152. The molecule has 0 aromatic heterocycles. The molecule has 44 valence electrons. The number of hydrogen-bond donors (Lipinski definition) is 0. The molecule has 3 heteroatoms. The first-order valence-electron chi connectivity index (χ1n) is 2.20. The Kier molecular flexibility index (Phi) is 5.18. The predicted octanol–water partition coefficient (Wildman–Crippen LogP) is 3.10. The molecule has 0 spiro atoms. The van der Waals surface area contributed by atoms with E-state index in [2.05, 4.69) is 15.9 Å². The van der Waals surface area contributed by atoms with Crippen molar-refractivity contribution in [3.63, 3.8) is 0 Å². The van der Waals surface area contributed by atoms with E-state index in [-0.39, 0.29) is 27.7 Å². The van der Waals surface area contributed by atoms with E-state index >= 15 is 0 Å². The number of hydrogen-bond acceptors (Lipinski definition) is 0. The number of benzene rings is 1. The van der Waals surface area contributed by atoms with E-state index in [9.17, 15) is 0 Å². The fourth-order valence-electron chi connectivity index (χ4n) is 0.430. The van der Waals surface area contributed by atoms with Crippen molar-refractivity contribution in [1.29, 1.82) is 0 Å². The maximum atomic E-state index is 5.59. The van der Waals surface area contributed by atoms with Crippen LogP contribution in [0.3, 0.4) is 0 Å². The van der Waals surface area contributed by atoms with E-state index in [4.69, 9.17) is 11.6 Å². The van der Waals surface area contributed by atoms with Gasteiger partial charge < -0.3 is 0 Å². The Morgan fingerprint density at radius 3 is 1.89 bits per heavy atom.